The molecule has 17 heavy (non-hydrogen) atoms. The molecule has 0 bridgehead atoms. The molecule has 0 radical (unpaired) electrons. The molecular formula is C14H29NOS. The minimum absolute atomic E-state index is 0.296. The standard InChI is InChI=1S/C14H29NOS/c1-5-12-6-7-13(9-15)14(8-12)17(16)11(4)10(2)3/h10-14H,5-9,15H2,1-4H3. The molecule has 1 fully saturated rings. The van der Waals surface area contributed by atoms with Crippen molar-refractivity contribution in [1.29, 1.82) is 0 Å². The zero-order valence-corrected chi connectivity index (χ0v) is 12.6. The zero-order valence-electron chi connectivity index (χ0n) is 11.8. The lowest BCUT2D eigenvalue weighted by Gasteiger charge is -2.36. The average molecular weight is 259 g/mol. The third kappa shape index (κ3) is 3.78. The van der Waals surface area contributed by atoms with Gasteiger partial charge in [-0.2, -0.15) is 0 Å². The van der Waals surface area contributed by atoms with E-state index in [1.54, 1.807) is 0 Å². The van der Waals surface area contributed by atoms with E-state index in [0.717, 1.165) is 12.3 Å². The van der Waals surface area contributed by atoms with Crippen LogP contribution in [0.5, 0.6) is 0 Å². The quantitative estimate of drug-likeness (QED) is 0.825. The van der Waals surface area contributed by atoms with Crippen LogP contribution in [0.25, 0.3) is 0 Å². The van der Waals surface area contributed by atoms with Crippen LogP contribution in [0.15, 0.2) is 0 Å². The summed E-state index contributed by atoms with van der Waals surface area (Å²) < 4.78 is 12.6. The van der Waals surface area contributed by atoms with E-state index in [4.69, 9.17) is 5.73 Å². The number of hydrogen-bond acceptors (Lipinski definition) is 2. The molecule has 1 rings (SSSR count). The fourth-order valence-corrected chi connectivity index (χ4v) is 4.92. The average Bonchev–Trinajstić information content (AvgIpc) is 2.35. The molecule has 102 valence electrons. The van der Waals surface area contributed by atoms with E-state index in [9.17, 15) is 4.21 Å². The van der Waals surface area contributed by atoms with Crippen molar-refractivity contribution in [2.24, 2.45) is 23.5 Å². The summed E-state index contributed by atoms with van der Waals surface area (Å²) >= 11 is 0. The Morgan fingerprint density at radius 2 is 1.94 bits per heavy atom. The van der Waals surface area contributed by atoms with Crippen molar-refractivity contribution in [2.75, 3.05) is 6.54 Å². The van der Waals surface area contributed by atoms with Gasteiger partial charge in [0.05, 0.1) is 0 Å². The first-order chi connectivity index (χ1) is 8.01. The smallest absolute Gasteiger partial charge is 0.0393 e. The molecule has 1 aliphatic carbocycles. The molecule has 0 heterocycles. The highest BCUT2D eigenvalue weighted by Gasteiger charge is 2.35. The van der Waals surface area contributed by atoms with Crippen LogP contribution in [0.4, 0.5) is 0 Å². The van der Waals surface area contributed by atoms with E-state index in [-0.39, 0.29) is 0 Å². The first-order valence-corrected chi connectivity index (χ1v) is 8.38. The van der Waals surface area contributed by atoms with E-state index in [1.165, 1.54) is 19.3 Å². The fourth-order valence-electron chi connectivity index (χ4n) is 2.74. The fraction of sp³-hybridized carbons (Fsp3) is 1.00. The van der Waals surface area contributed by atoms with Crippen LogP contribution in [0.1, 0.15) is 53.4 Å². The highest BCUT2D eigenvalue weighted by atomic mass is 32.2. The second kappa shape index (κ2) is 6.89. The monoisotopic (exact) mass is 259 g/mol. The van der Waals surface area contributed by atoms with Crippen molar-refractivity contribution >= 4 is 10.8 Å². The van der Waals surface area contributed by atoms with Gasteiger partial charge in [-0.1, -0.05) is 40.5 Å². The van der Waals surface area contributed by atoms with Gasteiger partial charge in [-0.05, 0) is 37.1 Å². The number of nitrogens with two attached hydrogens (primary N) is 1. The van der Waals surface area contributed by atoms with Crippen molar-refractivity contribution in [2.45, 2.75) is 63.9 Å². The molecular weight excluding hydrogens is 230 g/mol. The summed E-state index contributed by atoms with van der Waals surface area (Å²) in [4.78, 5) is 0. The Hall–Kier alpha value is 0.110. The molecule has 5 unspecified atom stereocenters. The second-order valence-corrected chi connectivity index (χ2v) is 7.91. The predicted molar refractivity (Wildman–Crippen MR) is 76.4 cm³/mol. The van der Waals surface area contributed by atoms with Gasteiger partial charge in [0.15, 0.2) is 0 Å². The molecule has 2 nitrogen and oxygen atoms in total. The summed E-state index contributed by atoms with van der Waals surface area (Å²) in [6.07, 6.45) is 4.81. The van der Waals surface area contributed by atoms with Gasteiger partial charge >= 0.3 is 0 Å². The van der Waals surface area contributed by atoms with Gasteiger partial charge in [0, 0.05) is 21.3 Å². The second-order valence-electron chi connectivity index (χ2n) is 5.90. The summed E-state index contributed by atoms with van der Waals surface area (Å²) in [6, 6.07) is 0. The first kappa shape index (κ1) is 15.2. The summed E-state index contributed by atoms with van der Waals surface area (Å²) in [5.41, 5.74) is 5.86. The molecule has 0 aliphatic heterocycles. The van der Waals surface area contributed by atoms with Crippen LogP contribution in [0.3, 0.4) is 0 Å². The highest BCUT2D eigenvalue weighted by molar-refractivity contribution is 7.86. The lowest BCUT2D eigenvalue weighted by Crippen LogP contribution is -2.41. The van der Waals surface area contributed by atoms with Crippen molar-refractivity contribution in [3.05, 3.63) is 0 Å². The molecule has 5 atom stereocenters. The summed E-state index contributed by atoms with van der Waals surface area (Å²) in [5.74, 6) is 1.75. The topological polar surface area (TPSA) is 43.1 Å². The highest BCUT2D eigenvalue weighted by Crippen LogP contribution is 2.35. The summed E-state index contributed by atoms with van der Waals surface area (Å²) in [7, 11) is -0.714. The Balaban J connectivity index is 2.72. The molecule has 0 spiro atoms. The molecule has 0 amide bonds. The molecule has 0 aromatic carbocycles. The Morgan fingerprint density at radius 3 is 2.41 bits per heavy atom. The van der Waals surface area contributed by atoms with Gasteiger partial charge in [0.2, 0.25) is 0 Å². The normalized spacial score (nSPS) is 33.6. The van der Waals surface area contributed by atoms with Crippen molar-refractivity contribution in [1.82, 2.24) is 0 Å². The molecule has 3 heteroatoms. The Kier molecular flexibility index (Phi) is 6.14. The van der Waals surface area contributed by atoms with Gasteiger partial charge in [-0.25, -0.2) is 0 Å². The predicted octanol–water partition coefficient (Wildman–Crippen LogP) is 2.93. The summed E-state index contributed by atoms with van der Waals surface area (Å²) in [6.45, 7) is 9.42. The van der Waals surface area contributed by atoms with Crippen molar-refractivity contribution < 1.29 is 4.21 Å². The molecule has 0 aromatic heterocycles. The van der Waals surface area contributed by atoms with Gasteiger partial charge in [0.1, 0.15) is 0 Å². The minimum Gasteiger partial charge on any atom is -0.330 e. The van der Waals surface area contributed by atoms with Gasteiger partial charge in [-0.15, -0.1) is 0 Å². The van der Waals surface area contributed by atoms with Crippen LogP contribution < -0.4 is 5.73 Å². The molecule has 0 aromatic rings. The Morgan fingerprint density at radius 1 is 1.29 bits per heavy atom. The van der Waals surface area contributed by atoms with Gasteiger partial charge < -0.3 is 5.73 Å². The van der Waals surface area contributed by atoms with Crippen molar-refractivity contribution in [3.63, 3.8) is 0 Å². The maximum atomic E-state index is 12.6. The van der Waals surface area contributed by atoms with Crippen LogP contribution in [-0.2, 0) is 10.8 Å². The largest absolute Gasteiger partial charge is 0.330 e. The maximum Gasteiger partial charge on any atom is 0.0393 e. The van der Waals surface area contributed by atoms with E-state index in [0.29, 0.717) is 28.9 Å². The molecule has 1 aliphatic rings. The van der Waals surface area contributed by atoms with E-state index < -0.39 is 10.8 Å². The van der Waals surface area contributed by atoms with Crippen LogP contribution in [0.2, 0.25) is 0 Å². The maximum absolute atomic E-state index is 12.6. The van der Waals surface area contributed by atoms with Crippen LogP contribution in [-0.4, -0.2) is 21.3 Å². The van der Waals surface area contributed by atoms with E-state index >= 15 is 0 Å². The van der Waals surface area contributed by atoms with Crippen LogP contribution in [0, 0.1) is 17.8 Å². The molecule has 0 saturated heterocycles. The van der Waals surface area contributed by atoms with Crippen molar-refractivity contribution in [3.8, 4) is 0 Å². The Bertz CT molecular complexity index is 255. The minimum atomic E-state index is -0.714. The lowest BCUT2D eigenvalue weighted by atomic mass is 9.80. The van der Waals surface area contributed by atoms with Gasteiger partial charge in [-0.3, -0.25) is 4.21 Å². The third-order valence-corrected chi connectivity index (χ3v) is 6.97. The van der Waals surface area contributed by atoms with Crippen LogP contribution >= 0.6 is 0 Å². The molecule has 2 N–H and O–H groups in total. The van der Waals surface area contributed by atoms with Gasteiger partial charge in [0.25, 0.3) is 0 Å². The zero-order chi connectivity index (χ0) is 13.0. The number of hydrogen-bond donors (Lipinski definition) is 1. The number of rotatable bonds is 5. The van der Waals surface area contributed by atoms with E-state index in [2.05, 4.69) is 27.7 Å². The SMILES string of the molecule is CCC1CCC(CN)C(S(=O)C(C)C(C)C)C1. The van der Waals surface area contributed by atoms with E-state index in [1.807, 2.05) is 0 Å². The third-order valence-electron chi connectivity index (χ3n) is 4.52. The first-order valence-electron chi connectivity index (χ1n) is 7.10. The molecule has 1 saturated carbocycles. The Labute approximate surface area is 109 Å². The summed E-state index contributed by atoms with van der Waals surface area (Å²) in [5, 5.41) is 0.640. The lowest BCUT2D eigenvalue weighted by molar-refractivity contribution is 0.279.